The summed E-state index contributed by atoms with van der Waals surface area (Å²) in [6.45, 7) is 6.49. The second-order valence-electron chi connectivity index (χ2n) is 4.54. The van der Waals surface area contributed by atoms with Crippen LogP contribution in [0.5, 0.6) is 0 Å². The van der Waals surface area contributed by atoms with Gasteiger partial charge in [-0.05, 0) is 37.5 Å². The molecule has 0 bridgehead atoms. The van der Waals surface area contributed by atoms with E-state index >= 15 is 0 Å². The van der Waals surface area contributed by atoms with Crippen LogP contribution in [0.3, 0.4) is 0 Å². The third-order valence-corrected chi connectivity index (χ3v) is 3.14. The van der Waals surface area contributed by atoms with Crippen LogP contribution in [-0.4, -0.2) is 0 Å². The molecule has 0 aromatic heterocycles. The van der Waals surface area contributed by atoms with Gasteiger partial charge in [-0.1, -0.05) is 48.5 Å². The van der Waals surface area contributed by atoms with Crippen molar-refractivity contribution in [1.29, 1.82) is 0 Å². The summed E-state index contributed by atoms with van der Waals surface area (Å²) in [7, 11) is 0. The van der Waals surface area contributed by atoms with Gasteiger partial charge in [-0.3, -0.25) is 0 Å². The van der Waals surface area contributed by atoms with Gasteiger partial charge in [-0.2, -0.15) is 0 Å². The van der Waals surface area contributed by atoms with Crippen LogP contribution in [-0.2, 0) is 0 Å². The molecule has 0 aliphatic rings. The normalized spacial score (nSPS) is 12.2. The number of hydrogen-bond acceptors (Lipinski definition) is 1. The summed E-state index contributed by atoms with van der Waals surface area (Å²) in [6.07, 6.45) is 0. The summed E-state index contributed by atoms with van der Waals surface area (Å²) in [5.74, 6) is 0. The van der Waals surface area contributed by atoms with Gasteiger partial charge < -0.3 is 5.32 Å². The minimum Gasteiger partial charge on any atom is -0.378 e. The van der Waals surface area contributed by atoms with E-state index in [0.717, 1.165) is 0 Å². The molecule has 0 aliphatic heterocycles. The van der Waals surface area contributed by atoms with E-state index in [1.54, 1.807) is 0 Å². The molecular weight excluding hydrogens is 206 g/mol. The van der Waals surface area contributed by atoms with Crippen molar-refractivity contribution in [2.24, 2.45) is 0 Å². The first-order chi connectivity index (χ1) is 8.18. The molecule has 17 heavy (non-hydrogen) atoms. The summed E-state index contributed by atoms with van der Waals surface area (Å²) in [6, 6.07) is 17.3. The van der Waals surface area contributed by atoms with Crippen LogP contribution in [0, 0.1) is 13.8 Å². The Morgan fingerprint density at radius 2 is 1.41 bits per heavy atom. The Morgan fingerprint density at radius 1 is 0.824 bits per heavy atom. The molecular formula is C16H19N. The number of nitrogens with one attached hydrogen (secondary N) is 1. The first kappa shape index (κ1) is 11.7. The Kier molecular flexibility index (Phi) is 3.48. The summed E-state index contributed by atoms with van der Waals surface area (Å²) in [4.78, 5) is 0. The third-order valence-electron chi connectivity index (χ3n) is 3.14. The molecule has 1 N–H and O–H groups in total. The van der Waals surface area contributed by atoms with E-state index in [4.69, 9.17) is 0 Å². The second-order valence-corrected chi connectivity index (χ2v) is 4.54. The minimum atomic E-state index is 0.330. The fraction of sp³-hybridized carbons (Fsp3) is 0.250. The molecule has 0 radical (unpaired) electrons. The van der Waals surface area contributed by atoms with Gasteiger partial charge in [0.2, 0.25) is 0 Å². The van der Waals surface area contributed by atoms with Crippen molar-refractivity contribution in [2.75, 3.05) is 5.32 Å². The number of aryl methyl sites for hydroxylation is 2. The minimum absolute atomic E-state index is 0.330. The molecule has 2 aromatic rings. The molecule has 0 fully saturated rings. The van der Waals surface area contributed by atoms with Crippen LogP contribution >= 0.6 is 0 Å². The molecule has 0 spiro atoms. The zero-order valence-electron chi connectivity index (χ0n) is 10.7. The highest BCUT2D eigenvalue weighted by molar-refractivity contribution is 5.57. The fourth-order valence-corrected chi connectivity index (χ4v) is 2.08. The monoisotopic (exact) mass is 225 g/mol. The molecule has 2 aromatic carbocycles. The summed E-state index contributed by atoms with van der Waals surface area (Å²) in [5, 5.41) is 3.59. The Bertz CT molecular complexity index is 468. The highest BCUT2D eigenvalue weighted by Crippen LogP contribution is 2.25. The second kappa shape index (κ2) is 5.05. The first-order valence-corrected chi connectivity index (χ1v) is 6.06. The van der Waals surface area contributed by atoms with Gasteiger partial charge in [0, 0.05) is 11.7 Å². The lowest BCUT2D eigenvalue weighted by Crippen LogP contribution is -2.08. The maximum atomic E-state index is 3.59. The lowest BCUT2D eigenvalue weighted by atomic mass is 10.1. The number of para-hydroxylation sites is 1. The molecule has 0 amide bonds. The van der Waals surface area contributed by atoms with Crippen molar-refractivity contribution in [3.63, 3.8) is 0 Å². The van der Waals surface area contributed by atoms with Gasteiger partial charge in [0.05, 0.1) is 0 Å². The van der Waals surface area contributed by atoms with Crippen molar-refractivity contribution in [1.82, 2.24) is 0 Å². The van der Waals surface area contributed by atoms with Crippen molar-refractivity contribution >= 4 is 5.69 Å². The van der Waals surface area contributed by atoms with E-state index in [-0.39, 0.29) is 0 Å². The molecule has 88 valence electrons. The van der Waals surface area contributed by atoms with Crippen molar-refractivity contribution in [3.05, 3.63) is 65.2 Å². The maximum absolute atomic E-state index is 3.59. The average Bonchev–Trinajstić information content (AvgIpc) is 2.35. The first-order valence-electron chi connectivity index (χ1n) is 6.06. The number of anilines is 1. The van der Waals surface area contributed by atoms with Crippen LogP contribution in [0.2, 0.25) is 0 Å². The zero-order valence-corrected chi connectivity index (χ0v) is 10.7. The summed E-state index contributed by atoms with van der Waals surface area (Å²) < 4.78 is 0. The van der Waals surface area contributed by atoms with Crippen LogP contribution < -0.4 is 5.32 Å². The molecule has 0 heterocycles. The van der Waals surface area contributed by atoms with Gasteiger partial charge in [-0.15, -0.1) is 0 Å². The van der Waals surface area contributed by atoms with Gasteiger partial charge in [0.1, 0.15) is 0 Å². The van der Waals surface area contributed by atoms with Crippen molar-refractivity contribution in [3.8, 4) is 0 Å². The smallest absolute Gasteiger partial charge is 0.0485 e. The third kappa shape index (κ3) is 2.68. The topological polar surface area (TPSA) is 12.0 Å². The largest absolute Gasteiger partial charge is 0.378 e. The van der Waals surface area contributed by atoms with Crippen LogP contribution in [0.4, 0.5) is 5.69 Å². The molecule has 0 saturated carbocycles. The van der Waals surface area contributed by atoms with Crippen LogP contribution in [0.1, 0.15) is 29.7 Å². The van der Waals surface area contributed by atoms with Crippen molar-refractivity contribution in [2.45, 2.75) is 26.8 Å². The highest BCUT2D eigenvalue weighted by atomic mass is 14.9. The summed E-state index contributed by atoms with van der Waals surface area (Å²) in [5.41, 5.74) is 5.17. The van der Waals surface area contributed by atoms with Crippen LogP contribution in [0.15, 0.2) is 48.5 Å². The van der Waals surface area contributed by atoms with E-state index in [1.165, 1.54) is 22.4 Å². The Hall–Kier alpha value is -1.76. The number of rotatable bonds is 3. The molecule has 1 heteroatoms. The Morgan fingerprint density at radius 3 is 2.00 bits per heavy atom. The molecule has 1 nitrogen and oxygen atoms in total. The molecule has 0 saturated heterocycles. The molecule has 0 aliphatic carbocycles. The lowest BCUT2D eigenvalue weighted by Gasteiger charge is -2.19. The maximum Gasteiger partial charge on any atom is 0.0485 e. The van der Waals surface area contributed by atoms with E-state index in [0.29, 0.717) is 6.04 Å². The van der Waals surface area contributed by atoms with Gasteiger partial charge in [0.15, 0.2) is 0 Å². The molecule has 0 unspecified atom stereocenters. The standard InChI is InChI=1S/C16H19N/c1-12-8-7-9-13(2)16(12)17-14(3)15-10-5-4-6-11-15/h4-11,14,17H,1-3H3/t14-/m0/s1. The molecule has 1 atom stereocenters. The van der Waals surface area contributed by atoms with Crippen LogP contribution in [0.25, 0.3) is 0 Å². The fourth-order valence-electron chi connectivity index (χ4n) is 2.08. The predicted molar refractivity (Wildman–Crippen MR) is 74.4 cm³/mol. The zero-order chi connectivity index (χ0) is 12.3. The SMILES string of the molecule is Cc1cccc(C)c1N[C@@H](C)c1ccccc1. The molecule has 2 rings (SSSR count). The Labute approximate surface area is 103 Å². The van der Waals surface area contributed by atoms with Gasteiger partial charge >= 0.3 is 0 Å². The predicted octanol–water partition coefficient (Wildman–Crippen LogP) is 4.48. The summed E-state index contributed by atoms with van der Waals surface area (Å²) >= 11 is 0. The van der Waals surface area contributed by atoms with E-state index in [9.17, 15) is 0 Å². The van der Waals surface area contributed by atoms with Gasteiger partial charge in [-0.25, -0.2) is 0 Å². The van der Waals surface area contributed by atoms with E-state index < -0.39 is 0 Å². The Balaban J connectivity index is 2.22. The average molecular weight is 225 g/mol. The van der Waals surface area contributed by atoms with Gasteiger partial charge in [0.25, 0.3) is 0 Å². The highest BCUT2D eigenvalue weighted by Gasteiger charge is 2.07. The quantitative estimate of drug-likeness (QED) is 0.812. The lowest BCUT2D eigenvalue weighted by molar-refractivity contribution is 0.880. The van der Waals surface area contributed by atoms with E-state index in [1.807, 2.05) is 0 Å². The van der Waals surface area contributed by atoms with E-state index in [2.05, 4.69) is 74.6 Å². The van der Waals surface area contributed by atoms with Crippen molar-refractivity contribution < 1.29 is 0 Å². The number of hydrogen-bond donors (Lipinski definition) is 1. The number of benzene rings is 2.